The maximum Gasteiger partial charge on any atom is 0.255 e. The highest BCUT2D eigenvalue weighted by Gasteiger charge is 2.16. The molecule has 0 saturated heterocycles. The Morgan fingerprint density at radius 2 is 2.11 bits per heavy atom. The van der Waals surface area contributed by atoms with Crippen molar-refractivity contribution >= 4 is 21.8 Å². The summed E-state index contributed by atoms with van der Waals surface area (Å²) in [4.78, 5) is 14.3. The van der Waals surface area contributed by atoms with Gasteiger partial charge >= 0.3 is 0 Å². The molecule has 1 atom stereocenters. The van der Waals surface area contributed by atoms with Crippen LogP contribution >= 0.6 is 15.9 Å². The quantitative estimate of drug-likeness (QED) is 0.782. The van der Waals surface area contributed by atoms with E-state index < -0.39 is 0 Å². The molecule has 19 heavy (non-hydrogen) atoms. The Morgan fingerprint density at radius 1 is 1.42 bits per heavy atom. The monoisotopic (exact) mass is 328 g/mol. The van der Waals surface area contributed by atoms with E-state index in [1.165, 1.54) is 0 Å². The lowest BCUT2D eigenvalue weighted by molar-refractivity contribution is 0.0926. The second kappa shape index (κ2) is 8.17. The van der Waals surface area contributed by atoms with Crippen LogP contribution in [0.1, 0.15) is 23.7 Å². The lowest BCUT2D eigenvalue weighted by Crippen LogP contribution is -2.41. The summed E-state index contributed by atoms with van der Waals surface area (Å²) in [5.41, 5.74) is 0.936. The number of amides is 1. The normalized spacial score (nSPS) is 12.3. The molecule has 0 bridgehead atoms. The third-order valence-electron chi connectivity index (χ3n) is 2.76. The van der Waals surface area contributed by atoms with Crippen molar-refractivity contribution in [3.05, 3.63) is 29.8 Å². The van der Waals surface area contributed by atoms with Gasteiger partial charge in [-0.3, -0.25) is 4.79 Å². The lowest BCUT2D eigenvalue weighted by Gasteiger charge is -2.21. The Bertz CT molecular complexity index is 410. The van der Waals surface area contributed by atoms with Crippen molar-refractivity contribution in [3.63, 3.8) is 0 Å². The third kappa shape index (κ3) is 5.20. The van der Waals surface area contributed by atoms with Gasteiger partial charge in [-0.05, 0) is 48.6 Å². The van der Waals surface area contributed by atoms with Crippen LogP contribution in [0.4, 0.5) is 0 Å². The maximum absolute atomic E-state index is 12.3. The van der Waals surface area contributed by atoms with Crippen LogP contribution in [0, 0.1) is 0 Å². The minimum absolute atomic E-state index is 0.0924. The number of hydrogen-bond donors (Lipinski definition) is 1. The Hall–Kier alpha value is -1.07. The van der Waals surface area contributed by atoms with E-state index in [2.05, 4.69) is 33.1 Å². The standard InChI is InChI=1S/C14H21BrN2O2/c1-4-11(9-17(2)3)16-14(18)12-7-5-6-8-13(12)19-10-15/h5-8,11H,4,9-10H2,1-3H3,(H,16,18). The minimum Gasteiger partial charge on any atom is -0.482 e. The molecule has 0 aliphatic carbocycles. The van der Waals surface area contributed by atoms with Gasteiger partial charge in [-0.15, -0.1) is 0 Å². The van der Waals surface area contributed by atoms with Crippen LogP contribution in [0.15, 0.2) is 24.3 Å². The molecular weight excluding hydrogens is 308 g/mol. The first-order chi connectivity index (χ1) is 9.08. The molecule has 0 aliphatic heterocycles. The fourth-order valence-electron chi connectivity index (χ4n) is 1.82. The van der Waals surface area contributed by atoms with Crippen LogP contribution < -0.4 is 10.1 Å². The number of carbonyl (C=O) groups is 1. The average Bonchev–Trinajstić information content (AvgIpc) is 2.38. The molecule has 1 N–H and O–H groups in total. The number of nitrogens with zero attached hydrogens (tertiary/aromatic N) is 1. The van der Waals surface area contributed by atoms with Gasteiger partial charge in [0.15, 0.2) is 0 Å². The van der Waals surface area contributed by atoms with Crippen molar-refractivity contribution in [2.24, 2.45) is 0 Å². The Kier molecular flexibility index (Phi) is 6.87. The molecule has 5 heteroatoms. The maximum atomic E-state index is 12.3. The summed E-state index contributed by atoms with van der Waals surface area (Å²) in [6, 6.07) is 7.40. The lowest BCUT2D eigenvalue weighted by atomic mass is 10.1. The predicted octanol–water partition coefficient (Wildman–Crippen LogP) is 2.49. The molecule has 1 unspecified atom stereocenters. The van der Waals surface area contributed by atoms with Crippen molar-refractivity contribution in [2.75, 3.05) is 26.2 Å². The van der Waals surface area contributed by atoms with E-state index >= 15 is 0 Å². The van der Waals surface area contributed by atoms with Crippen molar-refractivity contribution < 1.29 is 9.53 Å². The summed E-state index contributed by atoms with van der Waals surface area (Å²) in [7, 11) is 3.99. The van der Waals surface area contributed by atoms with Gasteiger partial charge in [0.2, 0.25) is 0 Å². The average molecular weight is 329 g/mol. The molecule has 0 radical (unpaired) electrons. The molecule has 1 aromatic rings. The number of para-hydroxylation sites is 1. The fourth-order valence-corrected chi connectivity index (χ4v) is 2.07. The molecule has 1 rings (SSSR count). The molecule has 0 heterocycles. The highest BCUT2D eigenvalue weighted by molar-refractivity contribution is 9.09. The molecule has 0 aliphatic rings. The predicted molar refractivity (Wildman–Crippen MR) is 81.0 cm³/mol. The number of halogens is 1. The van der Waals surface area contributed by atoms with Gasteiger partial charge in [-0.25, -0.2) is 0 Å². The molecule has 0 spiro atoms. The number of nitrogens with one attached hydrogen (secondary N) is 1. The number of ether oxygens (including phenoxy) is 1. The molecule has 0 saturated carbocycles. The van der Waals surface area contributed by atoms with E-state index in [4.69, 9.17) is 4.74 Å². The number of rotatable bonds is 7. The molecule has 106 valence electrons. The van der Waals surface area contributed by atoms with Crippen molar-refractivity contribution in [2.45, 2.75) is 19.4 Å². The number of alkyl halides is 1. The van der Waals surface area contributed by atoms with E-state index in [-0.39, 0.29) is 11.9 Å². The number of hydrogen-bond acceptors (Lipinski definition) is 3. The third-order valence-corrected chi connectivity index (χ3v) is 2.98. The summed E-state index contributed by atoms with van der Waals surface area (Å²) in [5.74, 6) is 0.502. The summed E-state index contributed by atoms with van der Waals surface area (Å²) in [5, 5.41) is 3.04. The van der Waals surface area contributed by atoms with Crippen molar-refractivity contribution in [1.82, 2.24) is 10.2 Å². The zero-order valence-electron chi connectivity index (χ0n) is 11.6. The van der Waals surface area contributed by atoms with Crippen LogP contribution in [0.5, 0.6) is 5.75 Å². The summed E-state index contributed by atoms with van der Waals surface area (Å²) >= 11 is 3.21. The van der Waals surface area contributed by atoms with Gasteiger partial charge in [-0.2, -0.15) is 0 Å². The summed E-state index contributed by atoms with van der Waals surface area (Å²) in [6.45, 7) is 2.89. The topological polar surface area (TPSA) is 41.6 Å². The van der Waals surface area contributed by atoms with Gasteiger partial charge in [0.25, 0.3) is 5.91 Å². The van der Waals surface area contributed by atoms with E-state index in [1.807, 2.05) is 26.2 Å². The van der Waals surface area contributed by atoms with Crippen LogP contribution in [-0.4, -0.2) is 43.0 Å². The van der Waals surface area contributed by atoms with Crippen LogP contribution in [0.2, 0.25) is 0 Å². The van der Waals surface area contributed by atoms with E-state index in [0.29, 0.717) is 16.8 Å². The number of likely N-dealkylation sites (N-methyl/N-ethyl adjacent to an activating group) is 1. The molecule has 0 fully saturated rings. The zero-order valence-corrected chi connectivity index (χ0v) is 13.2. The van der Waals surface area contributed by atoms with Crippen LogP contribution in [0.3, 0.4) is 0 Å². The highest BCUT2D eigenvalue weighted by Crippen LogP contribution is 2.18. The second-order valence-electron chi connectivity index (χ2n) is 4.59. The van der Waals surface area contributed by atoms with Gasteiger partial charge in [0.05, 0.1) is 5.56 Å². The van der Waals surface area contributed by atoms with Gasteiger partial charge in [-0.1, -0.05) is 19.1 Å². The Morgan fingerprint density at radius 3 is 2.68 bits per heavy atom. The van der Waals surface area contributed by atoms with Gasteiger partial charge in [0.1, 0.15) is 11.3 Å². The van der Waals surface area contributed by atoms with E-state index in [0.717, 1.165) is 13.0 Å². The second-order valence-corrected chi connectivity index (χ2v) is 5.05. The summed E-state index contributed by atoms with van der Waals surface area (Å²) < 4.78 is 5.40. The van der Waals surface area contributed by atoms with Crippen molar-refractivity contribution in [1.29, 1.82) is 0 Å². The minimum atomic E-state index is -0.0924. The number of benzene rings is 1. The first-order valence-electron chi connectivity index (χ1n) is 6.31. The fraction of sp³-hybridized carbons (Fsp3) is 0.500. The van der Waals surface area contributed by atoms with E-state index in [9.17, 15) is 4.79 Å². The van der Waals surface area contributed by atoms with Crippen molar-refractivity contribution in [3.8, 4) is 5.75 Å². The molecular formula is C14H21BrN2O2. The largest absolute Gasteiger partial charge is 0.482 e. The molecule has 0 aromatic heterocycles. The first-order valence-corrected chi connectivity index (χ1v) is 7.44. The zero-order chi connectivity index (χ0) is 14.3. The van der Waals surface area contributed by atoms with Gasteiger partial charge in [0, 0.05) is 12.6 Å². The van der Waals surface area contributed by atoms with E-state index in [1.54, 1.807) is 12.1 Å². The SMILES string of the molecule is CCC(CN(C)C)NC(=O)c1ccccc1OCBr. The van der Waals surface area contributed by atoms with Crippen LogP contribution in [-0.2, 0) is 0 Å². The smallest absolute Gasteiger partial charge is 0.255 e. The summed E-state index contributed by atoms with van der Waals surface area (Å²) in [6.07, 6.45) is 0.894. The molecule has 4 nitrogen and oxygen atoms in total. The number of carbonyl (C=O) groups excluding carboxylic acids is 1. The van der Waals surface area contributed by atoms with Crippen LogP contribution in [0.25, 0.3) is 0 Å². The molecule has 1 amide bonds. The highest BCUT2D eigenvalue weighted by atomic mass is 79.9. The molecule has 1 aromatic carbocycles. The Balaban J connectivity index is 2.76. The first kappa shape index (κ1) is 16.0. The van der Waals surface area contributed by atoms with Gasteiger partial charge < -0.3 is 15.0 Å². The Labute approximate surface area is 123 Å².